The molecule has 106 valence electrons. The van der Waals surface area contributed by atoms with E-state index in [1.54, 1.807) is 6.07 Å². The lowest BCUT2D eigenvalue weighted by atomic mass is 10.2. The summed E-state index contributed by atoms with van der Waals surface area (Å²) in [6.07, 6.45) is 1.31. The van der Waals surface area contributed by atoms with Crippen LogP contribution in [0, 0.1) is 5.82 Å². The van der Waals surface area contributed by atoms with Gasteiger partial charge in [0, 0.05) is 11.8 Å². The summed E-state index contributed by atoms with van der Waals surface area (Å²) in [4.78, 5) is 11.1. The Kier molecular flexibility index (Phi) is 3.27. The van der Waals surface area contributed by atoms with Crippen molar-refractivity contribution in [1.29, 1.82) is 0 Å². The van der Waals surface area contributed by atoms with Crippen molar-refractivity contribution >= 4 is 34.8 Å². The smallest absolute Gasteiger partial charge is 0.337 e. The monoisotopic (exact) mass is 325 g/mol. The van der Waals surface area contributed by atoms with E-state index in [2.05, 4.69) is 10.2 Å². The van der Waals surface area contributed by atoms with Gasteiger partial charge < -0.3 is 5.11 Å². The molecule has 2 heterocycles. The maximum atomic E-state index is 13.5. The molecular weight excluding hydrogens is 320 g/mol. The molecule has 0 atom stereocenters. The Morgan fingerprint density at radius 1 is 1.29 bits per heavy atom. The zero-order chi connectivity index (χ0) is 15.1. The van der Waals surface area contributed by atoms with Gasteiger partial charge >= 0.3 is 5.97 Å². The fourth-order valence-electron chi connectivity index (χ4n) is 1.93. The van der Waals surface area contributed by atoms with Crippen LogP contribution in [0.1, 0.15) is 10.4 Å². The topological polar surface area (TPSA) is 67.5 Å². The molecule has 0 spiro atoms. The molecule has 0 amide bonds. The van der Waals surface area contributed by atoms with Crippen molar-refractivity contribution < 1.29 is 14.3 Å². The summed E-state index contributed by atoms with van der Waals surface area (Å²) in [5, 5.41) is 16.9. The molecule has 0 saturated carbocycles. The van der Waals surface area contributed by atoms with E-state index < -0.39 is 11.8 Å². The molecular formula is C13H6Cl2FN3O2. The summed E-state index contributed by atoms with van der Waals surface area (Å²) < 4.78 is 14.9. The van der Waals surface area contributed by atoms with Crippen LogP contribution < -0.4 is 0 Å². The van der Waals surface area contributed by atoms with Crippen LogP contribution in [-0.4, -0.2) is 25.7 Å². The first-order chi connectivity index (χ1) is 9.99. The Bertz CT molecular complexity index is 879. The summed E-state index contributed by atoms with van der Waals surface area (Å²) in [7, 11) is 0. The maximum absolute atomic E-state index is 13.5. The highest BCUT2D eigenvalue weighted by atomic mass is 35.5. The average molecular weight is 326 g/mol. The molecule has 0 aliphatic carbocycles. The van der Waals surface area contributed by atoms with Crippen LogP contribution in [0.25, 0.3) is 17.0 Å². The summed E-state index contributed by atoms with van der Waals surface area (Å²) in [5.41, 5.74) is 0.515. The molecule has 0 fully saturated rings. The number of carbonyl (C=O) groups is 1. The molecule has 0 aliphatic heterocycles. The van der Waals surface area contributed by atoms with E-state index in [4.69, 9.17) is 28.3 Å². The zero-order valence-corrected chi connectivity index (χ0v) is 11.7. The molecule has 1 aromatic carbocycles. The SMILES string of the molecule is O=C(O)c1cc(Cl)c2nnc(-c3cccc(F)c3Cl)n2c1. The molecule has 21 heavy (non-hydrogen) atoms. The summed E-state index contributed by atoms with van der Waals surface area (Å²) in [6, 6.07) is 5.51. The molecule has 0 saturated heterocycles. The van der Waals surface area contributed by atoms with E-state index in [1.807, 2.05) is 0 Å². The zero-order valence-electron chi connectivity index (χ0n) is 10.2. The van der Waals surface area contributed by atoms with Crippen molar-refractivity contribution in [2.75, 3.05) is 0 Å². The van der Waals surface area contributed by atoms with Gasteiger partial charge in [0.2, 0.25) is 0 Å². The van der Waals surface area contributed by atoms with Crippen LogP contribution in [0.15, 0.2) is 30.5 Å². The van der Waals surface area contributed by atoms with Crippen molar-refractivity contribution in [3.8, 4) is 11.4 Å². The lowest BCUT2D eigenvalue weighted by Crippen LogP contribution is -2.00. The van der Waals surface area contributed by atoms with Crippen LogP contribution >= 0.6 is 23.2 Å². The second kappa shape index (κ2) is 4.98. The normalized spacial score (nSPS) is 11.0. The molecule has 2 aromatic heterocycles. The number of carboxylic acid groups (broad SMARTS) is 1. The maximum Gasteiger partial charge on any atom is 0.337 e. The highest BCUT2D eigenvalue weighted by Crippen LogP contribution is 2.30. The van der Waals surface area contributed by atoms with Crippen molar-refractivity contribution in [3.63, 3.8) is 0 Å². The van der Waals surface area contributed by atoms with E-state index in [9.17, 15) is 9.18 Å². The van der Waals surface area contributed by atoms with Crippen LogP contribution in [0.5, 0.6) is 0 Å². The third kappa shape index (κ3) is 2.22. The fourth-order valence-corrected chi connectivity index (χ4v) is 2.39. The number of carboxylic acids is 1. The van der Waals surface area contributed by atoms with Crippen molar-refractivity contribution in [2.45, 2.75) is 0 Å². The van der Waals surface area contributed by atoms with Crippen LogP contribution in [-0.2, 0) is 0 Å². The molecule has 5 nitrogen and oxygen atoms in total. The van der Waals surface area contributed by atoms with Gasteiger partial charge in [-0.25, -0.2) is 9.18 Å². The lowest BCUT2D eigenvalue weighted by Gasteiger charge is -2.05. The lowest BCUT2D eigenvalue weighted by molar-refractivity contribution is 0.0696. The summed E-state index contributed by atoms with van der Waals surface area (Å²) >= 11 is 11.9. The number of fused-ring (bicyclic) bond motifs is 1. The minimum absolute atomic E-state index is 0.0407. The summed E-state index contributed by atoms with van der Waals surface area (Å²) in [6.45, 7) is 0. The van der Waals surface area contributed by atoms with Crippen molar-refractivity contribution in [1.82, 2.24) is 14.6 Å². The summed E-state index contributed by atoms with van der Waals surface area (Å²) in [5.74, 6) is -1.55. The van der Waals surface area contributed by atoms with E-state index >= 15 is 0 Å². The number of pyridine rings is 1. The van der Waals surface area contributed by atoms with Gasteiger partial charge in [0.25, 0.3) is 0 Å². The number of hydrogen-bond donors (Lipinski definition) is 1. The minimum atomic E-state index is -1.15. The molecule has 3 rings (SSSR count). The number of benzene rings is 1. The van der Waals surface area contributed by atoms with Gasteiger partial charge in [-0.3, -0.25) is 4.40 Å². The number of rotatable bonds is 2. The van der Waals surface area contributed by atoms with Gasteiger partial charge in [-0.1, -0.05) is 29.3 Å². The predicted molar refractivity (Wildman–Crippen MR) is 75.4 cm³/mol. The number of nitrogens with zero attached hydrogens (tertiary/aromatic N) is 3. The van der Waals surface area contributed by atoms with Crippen molar-refractivity contribution in [2.24, 2.45) is 0 Å². The van der Waals surface area contributed by atoms with Gasteiger partial charge in [0.1, 0.15) is 5.82 Å². The van der Waals surface area contributed by atoms with E-state index in [1.165, 1.54) is 28.8 Å². The molecule has 0 aliphatic rings. The fraction of sp³-hybridized carbons (Fsp3) is 0. The Morgan fingerprint density at radius 3 is 2.76 bits per heavy atom. The van der Waals surface area contributed by atoms with E-state index in [0.717, 1.165) is 0 Å². The largest absolute Gasteiger partial charge is 0.478 e. The number of aromatic nitrogens is 3. The van der Waals surface area contributed by atoms with E-state index in [-0.39, 0.29) is 27.1 Å². The Labute approximate surface area is 127 Å². The molecule has 0 unspecified atom stereocenters. The third-order valence-electron chi connectivity index (χ3n) is 2.90. The van der Waals surface area contributed by atoms with Crippen LogP contribution in [0.2, 0.25) is 10.0 Å². The molecule has 8 heteroatoms. The molecule has 0 radical (unpaired) electrons. The Balaban J connectivity index is 2.33. The van der Waals surface area contributed by atoms with Crippen molar-refractivity contribution in [3.05, 3.63) is 51.9 Å². The van der Waals surface area contributed by atoms with Gasteiger partial charge in [0.15, 0.2) is 11.5 Å². The first-order valence-electron chi connectivity index (χ1n) is 5.71. The third-order valence-corrected chi connectivity index (χ3v) is 3.56. The standard InChI is InChI=1S/C13H6Cl2FN3O2/c14-8-4-6(13(20)21)5-19-11(17-18-12(8)19)7-2-1-3-9(16)10(7)15/h1-5H,(H,20,21). The second-order valence-electron chi connectivity index (χ2n) is 4.20. The highest BCUT2D eigenvalue weighted by molar-refractivity contribution is 6.34. The quantitative estimate of drug-likeness (QED) is 0.782. The van der Waals surface area contributed by atoms with Gasteiger partial charge in [0.05, 0.1) is 15.6 Å². The molecule has 1 N–H and O–H groups in total. The molecule has 3 aromatic rings. The van der Waals surface area contributed by atoms with Gasteiger partial charge in [-0.2, -0.15) is 0 Å². The number of hydrogen-bond acceptors (Lipinski definition) is 3. The van der Waals surface area contributed by atoms with Gasteiger partial charge in [-0.05, 0) is 18.2 Å². The highest BCUT2D eigenvalue weighted by Gasteiger charge is 2.17. The second-order valence-corrected chi connectivity index (χ2v) is 4.99. The minimum Gasteiger partial charge on any atom is -0.478 e. The average Bonchev–Trinajstić information content (AvgIpc) is 2.86. The Hall–Kier alpha value is -2.18. The Morgan fingerprint density at radius 2 is 2.05 bits per heavy atom. The first-order valence-corrected chi connectivity index (χ1v) is 6.46. The van der Waals surface area contributed by atoms with E-state index in [0.29, 0.717) is 5.56 Å². The van der Waals surface area contributed by atoms with Crippen LogP contribution in [0.4, 0.5) is 4.39 Å². The number of halogens is 3. The molecule has 0 bridgehead atoms. The number of aromatic carboxylic acids is 1. The predicted octanol–water partition coefficient (Wildman–Crippen LogP) is 3.54. The van der Waals surface area contributed by atoms with Gasteiger partial charge in [-0.15, -0.1) is 10.2 Å². The first kappa shape index (κ1) is 13.8. The van der Waals surface area contributed by atoms with Crippen LogP contribution in [0.3, 0.4) is 0 Å².